The van der Waals surface area contributed by atoms with Crippen molar-refractivity contribution in [3.05, 3.63) is 17.7 Å². The number of hydrogen-bond acceptors (Lipinski definition) is 5. The molecular weight excluding hydrogens is 262 g/mol. The van der Waals surface area contributed by atoms with Gasteiger partial charge in [0.25, 0.3) is 0 Å². The Hall–Kier alpha value is -1.07. The quantitative estimate of drug-likeness (QED) is 0.769. The number of rotatable bonds is 8. The van der Waals surface area contributed by atoms with E-state index in [2.05, 4.69) is 19.2 Å². The van der Waals surface area contributed by atoms with E-state index in [1.807, 2.05) is 23.9 Å². The lowest BCUT2D eigenvalue weighted by molar-refractivity contribution is 0.339. The average molecular weight is 285 g/mol. The van der Waals surface area contributed by atoms with Gasteiger partial charge < -0.3 is 19.9 Å². The zero-order valence-electron chi connectivity index (χ0n) is 12.0. The van der Waals surface area contributed by atoms with E-state index in [0.29, 0.717) is 17.5 Å². The molecule has 0 spiro atoms. The maximum atomic E-state index is 9.83. The van der Waals surface area contributed by atoms with Crippen molar-refractivity contribution < 1.29 is 14.6 Å². The summed E-state index contributed by atoms with van der Waals surface area (Å²) < 4.78 is 10.3. The maximum absolute atomic E-state index is 9.83. The van der Waals surface area contributed by atoms with E-state index in [0.717, 1.165) is 23.6 Å². The molecule has 0 aliphatic rings. The fraction of sp³-hybridized carbons (Fsp3) is 0.571. The fourth-order valence-electron chi connectivity index (χ4n) is 1.70. The van der Waals surface area contributed by atoms with Gasteiger partial charge in [-0.15, -0.1) is 0 Å². The van der Waals surface area contributed by atoms with Crippen molar-refractivity contribution in [3.63, 3.8) is 0 Å². The van der Waals surface area contributed by atoms with Crippen LogP contribution in [-0.2, 0) is 6.54 Å². The Morgan fingerprint density at radius 3 is 2.32 bits per heavy atom. The lowest BCUT2D eigenvalue weighted by atomic mass is 10.1. The zero-order valence-corrected chi connectivity index (χ0v) is 12.8. The van der Waals surface area contributed by atoms with Gasteiger partial charge in [0.1, 0.15) is 0 Å². The van der Waals surface area contributed by atoms with Crippen molar-refractivity contribution in [2.45, 2.75) is 26.4 Å². The van der Waals surface area contributed by atoms with E-state index in [1.54, 1.807) is 0 Å². The van der Waals surface area contributed by atoms with Crippen LogP contribution in [0.15, 0.2) is 12.1 Å². The van der Waals surface area contributed by atoms with Gasteiger partial charge in [0, 0.05) is 18.3 Å². The Morgan fingerprint density at radius 2 is 1.84 bits per heavy atom. The van der Waals surface area contributed by atoms with Crippen molar-refractivity contribution in [3.8, 4) is 17.2 Å². The number of aromatic hydroxyl groups is 1. The minimum atomic E-state index is 0.0448. The smallest absolute Gasteiger partial charge is 0.200 e. The molecule has 19 heavy (non-hydrogen) atoms. The van der Waals surface area contributed by atoms with Crippen LogP contribution in [-0.4, -0.2) is 36.9 Å². The fourth-order valence-corrected chi connectivity index (χ4v) is 2.40. The van der Waals surface area contributed by atoms with Crippen molar-refractivity contribution >= 4 is 11.8 Å². The molecule has 2 N–H and O–H groups in total. The number of benzene rings is 1. The SMILES string of the molecule is CCSCC(C)NCc1cc(OC)c(O)c(OC)c1. The molecule has 0 aliphatic carbocycles. The van der Waals surface area contributed by atoms with Crippen LogP contribution in [0.1, 0.15) is 19.4 Å². The third-order valence-electron chi connectivity index (χ3n) is 2.77. The van der Waals surface area contributed by atoms with E-state index < -0.39 is 0 Å². The molecule has 1 atom stereocenters. The highest BCUT2D eigenvalue weighted by Crippen LogP contribution is 2.37. The highest BCUT2D eigenvalue weighted by Gasteiger charge is 2.11. The molecule has 1 rings (SSSR count). The van der Waals surface area contributed by atoms with Gasteiger partial charge in [0.05, 0.1) is 14.2 Å². The van der Waals surface area contributed by atoms with Crippen LogP contribution in [0.4, 0.5) is 0 Å². The van der Waals surface area contributed by atoms with Crippen molar-refractivity contribution in [1.82, 2.24) is 5.32 Å². The predicted molar refractivity (Wildman–Crippen MR) is 80.5 cm³/mol. The number of thioether (sulfide) groups is 1. The standard InChI is InChI=1S/C14H23NO3S/c1-5-19-9-10(2)15-8-11-6-12(17-3)14(16)13(7-11)18-4/h6-7,10,15-16H,5,8-9H2,1-4H3. The lowest BCUT2D eigenvalue weighted by Gasteiger charge is -2.15. The normalized spacial score (nSPS) is 12.2. The first-order chi connectivity index (χ1) is 9.12. The minimum absolute atomic E-state index is 0.0448. The Bertz CT molecular complexity index is 373. The molecular formula is C14H23NO3S. The van der Waals surface area contributed by atoms with Crippen LogP contribution in [0.25, 0.3) is 0 Å². The molecule has 1 aromatic carbocycles. The predicted octanol–water partition coefficient (Wildman–Crippen LogP) is 2.64. The van der Waals surface area contributed by atoms with Gasteiger partial charge in [-0.1, -0.05) is 6.92 Å². The van der Waals surface area contributed by atoms with Crippen LogP contribution in [0, 0.1) is 0 Å². The highest BCUT2D eigenvalue weighted by molar-refractivity contribution is 7.99. The summed E-state index contributed by atoms with van der Waals surface area (Å²) in [4.78, 5) is 0. The van der Waals surface area contributed by atoms with Gasteiger partial charge in [-0.05, 0) is 30.4 Å². The van der Waals surface area contributed by atoms with Crippen molar-refractivity contribution in [2.75, 3.05) is 25.7 Å². The monoisotopic (exact) mass is 285 g/mol. The molecule has 108 valence electrons. The summed E-state index contributed by atoms with van der Waals surface area (Å²) in [7, 11) is 3.07. The van der Waals surface area contributed by atoms with E-state index in [1.165, 1.54) is 14.2 Å². The summed E-state index contributed by atoms with van der Waals surface area (Å²) in [6, 6.07) is 4.09. The summed E-state index contributed by atoms with van der Waals surface area (Å²) in [6.07, 6.45) is 0. The summed E-state index contributed by atoms with van der Waals surface area (Å²) >= 11 is 1.92. The third kappa shape index (κ3) is 4.84. The molecule has 0 radical (unpaired) electrons. The first-order valence-electron chi connectivity index (χ1n) is 6.37. The number of ether oxygens (including phenoxy) is 2. The maximum Gasteiger partial charge on any atom is 0.200 e. The number of phenolic OH excluding ortho intramolecular Hbond substituents is 1. The largest absolute Gasteiger partial charge is 0.502 e. The summed E-state index contributed by atoms with van der Waals surface area (Å²) in [5.74, 6) is 3.14. The zero-order chi connectivity index (χ0) is 14.3. The van der Waals surface area contributed by atoms with Crippen molar-refractivity contribution in [2.24, 2.45) is 0 Å². The van der Waals surface area contributed by atoms with Crippen LogP contribution in [0.3, 0.4) is 0 Å². The Morgan fingerprint density at radius 1 is 1.26 bits per heavy atom. The van der Waals surface area contributed by atoms with Crippen molar-refractivity contribution in [1.29, 1.82) is 0 Å². The van der Waals surface area contributed by atoms with Crippen LogP contribution >= 0.6 is 11.8 Å². The molecule has 0 heterocycles. The van der Waals surface area contributed by atoms with Gasteiger partial charge in [-0.25, -0.2) is 0 Å². The van der Waals surface area contributed by atoms with Gasteiger partial charge in [-0.3, -0.25) is 0 Å². The molecule has 0 fully saturated rings. The second-order valence-electron chi connectivity index (χ2n) is 4.29. The minimum Gasteiger partial charge on any atom is -0.502 e. The topological polar surface area (TPSA) is 50.7 Å². The van der Waals surface area contributed by atoms with Gasteiger partial charge in [0.15, 0.2) is 11.5 Å². The van der Waals surface area contributed by atoms with E-state index in [-0.39, 0.29) is 5.75 Å². The Labute approximate surface area is 119 Å². The molecule has 1 aromatic rings. The molecule has 4 nitrogen and oxygen atoms in total. The van der Waals surface area contributed by atoms with Crippen LogP contribution < -0.4 is 14.8 Å². The van der Waals surface area contributed by atoms with Gasteiger partial charge in [0.2, 0.25) is 5.75 Å². The van der Waals surface area contributed by atoms with E-state index >= 15 is 0 Å². The number of phenols is 1. The average Bonchev–Trinajstić information content (AvgIpc) is 2.43. The first-order valence-corrected chi connectivity index (χ1v) is 7.52. The summed E-state index contributed by atoms with van der Waals surface area (Å²) in [5, 5.41) is 13.3. The van der Waals surface area contributed by atoms with Gasteiger partial charge >= 0.3 is 0 Å². The molecule has 0 saturated carbocycles. The highest BCUT2D eigenvalue weighted by atomic mass is 32.2. The summed E-state index contributed by atoms with van der Waals surface area (Å²) in [5.41, 5.74) is 1.03. The van der Waals surface area contributed by atoms with E-state index in [4.69, 9.17) is 9.47 Å². The first kappa shape index (κ1) is 16.0. The molecule has 0 saturated heterocycles. The molecule has 0 bridgehead atoms. The van der Waals surface area contributed by atoms with Crippen LogP contribution in [0.2, 0.25) is 0 Å². The Balaban J connectivity index is 2.68. The van der Waals surface area contributed by atoms with Crippen LogP contribution in [0.5, 0.6) is 17.2 Å². The second kappa shape index (κ2) is 8.17. The molecule has 0 aliphatic heterocycles. The molecule has 0 amide bonds. The number of hydrogen-bond donors (Lipinski definition) is 2. The molecule has 0 aromatic heterocycles. The molecule has 5 heteroatoms. The number of nitrogens with one attached hydrogen (secondary N) is 1. The lowest BCUT2D eigenvalue weighted by Crippen LogP contribution is -2.27. The number of methoxy groups -OCH3 is 2. The Kier molecular flexibility index (Phi) is 6.87. The third-order valence-corrected chi connectivity index (χ3v) is 3.91. The summed E-state index contributed by atoms with van der Waals surface area (Å²) in [6.45, 7) is 5.04. The second-order valence-corrected chi connectivity index (χ2v) is 5.61. The van der Waals surface area contributed by atoms with E-state index in [9.17, 15) is 5.11 Å². The molecule has 1 unspecified atom stereocenters. The van der Waals surface area contributed by atoms with Gasteiger partial charge in [-0.2, -0.15) is 11.8 Å².